The van der Waals surface area contributed by atoms with Gasteiger partial charge in [-0.3, -0.25) is 0 Å². The van der Waals surface area contributed by atoms with Crippen LogP contribution in [0, 0.1) is 12.8 Å². The van der Waals surface area contributed by atoms with Gasteiger partial charge in [-0.05, 0) is 25.8 Å². The van der Waals surface area contributed by atoms with Gasteiger partial charge in [0.05, 0.1) is 7.11 Å². The van der Waals surface area contributed by atoms with Crippen molar-refractivity contribution >= 4 is 16.0 Å². The van der Waals surface area contributed by atoms with Crippen molar-refractivity contribution in [2.24, 2.45) is 5.92 Å². The molecule has 21 heavy (non-hydrogen) atoms. The van der Waals surface area contributed by atoms with E-state index in [1.54, 1.807) is 0 Å². The van der Waals surface area contributed by atoms with Crippen LogP contribution in [0.1, 0.15) is 29.5 Å². The maximum atomic E-state index is 12.3. The molecule has 0 amide bonds. The van der Waals surface area contributed by atoms with Crippen molar-refractivity contribution in [2.75, 3.05) is 20.2 Å². The standard InChI is InChI=1S/C13H20N2O5S/c1-8-4-5-14-7-11(8)15-21(17,18)12-6-10(9(2)20-12)13(16)19-3/h6,8,11,14-15H,4-5,7H2,1-3H3. The zero-order valence-corrected chi connectivity index (χ0v) is 13.1. The molecule has 1 fully saturated rings. The van der Waals surface area contributed by atoms with Gasteiger partial charge in [0.25, 0.3) is 10.0 Å². The Bertz CT molecular complexity index is 623. The van der Waals surface area contributed by atoms with E-state index in [1.165, 1.54) is 20.1 Å². The van der Waals surface area contributed by atoms with Crippen LogP contribution in [-0.4, -0.2) is 40.6 Å². The van der Waals surface area contributed by atoms with Crippen LogP contribution in [0.5, 0.6) is 0 Å². The lowest BCUT2D eigenvalue weighted by Gasteiger charge is -2.29. The van der Waals surface area contributed by atoms with Crippen molar-refractivity contribution in [3.05, 3.63) is 17.4 Å². The van der Waals surface area contributed by atoms with Crippen LogP contribution in [0.15, 0.2) is 15.6 Å². The summed E-state index contributed by atoms with van der Waals surface area (Å²) in [5.74, 6) is -0.167. The number of hydrogen-bond acceptors (Lipinski definition) is 6. The molecule has 2 rings (SSSR count). The van der Waals surface area contributed by atoms with Crippen molar-refractivity contribution in [3.8, 4) is 0 Å². The van der Waals surface area contributed by atoms with Crippen molar-refractivity contribution in [2.45, 2.75) is 31.4 Å². The summed E-state index contributed by atoms with van der Waals surface area (Å²) in [5, 5.41) is 2.89. The van der Waals surface area contributed by atoms with Crippen LogP contribution in [0.2, 0.25) is 0 Å². The van der Waals surface area contributed by atoms with Gasteiger partial charge in [0.15, 0.2) is 0 Å². The summed E-state index contributed by atoms with van der Waals surface area (Å²) in [6, 6.07) is 1.00. The summed E-state index contributed by atoms with van der Waals surface area (Å²) in [6.45, 7) is 4.98. The monoisotopic (exact) mass is 316 g/mol. The molecule has 0 aromatic carbocycles. The summed E-state index contributed by atoms with van der Waals surface area (Å²) in [7, 11) is -2.57. The third-order valence-electron chi connectivity index (χ3n) is 3.70. The zero-order chi connectivity index (χ0) is 15.6. The molecule has 1 aromatic heterocycles. The minimum atomic E-state index is -3.80. The number of furan rings is 1. The maximum Gasteiger partial charge on any atom is 0.341 e. The highest BCUT2D eigenvalue weighted by Crippen LogP contribution is 2.21. The number of esters is 1. The lowest BCUT2D eigenvalue weighted by molar-refractivity contribution is 0.0599. The average Bonchev–Trinajstić information content (AvgIpc) is 2.83. The van der Waals surface area contributed by atoms with E-state index in [1.807, 2.05) is 6.92 Å². The topological polar surface area (TPSA) is 97.6 Å². The van der Waals surface area contributed by atoms with Crippen LogP contribution < -0.4 is 10.0 Å². The number of aryl methyl sites for hydroxylation is 1. The molecule has 1 aliphatic heterocycles. The van der Waals surface area contributed by atoms with Gasteiger partial charge >= 0.3 is 5.97 Å². The van der Waals surface area contributed by atoms with Crippen LogP contribution in [0.4, 0.5) is 0 Å². The van der Waals surface area contributed by atoms with Gasteiger partial charge in [0.1, 0.15) is 11.3 Å². The first-order chi connectivity index (χ1) is 9.85. The minimum absolute atomic E-state index is 0.118. The predicted molar refractivity (Wildman–Crippen MR) is 75.5 cm³/mol. The van der Waals surface area contributed by atoms with E-state index in [9.17, 15) is 13.2 Å². The van der Waals surface area contributed by atoms with Gasteiger partial charge in [0, 0.05) is 18.7 Å². The Kier molecular flexibility index (Phi) is 4.70. The molecule has 2 heterocycles. The van der Waals surface area contributed by atoms with Crippen LogP contribution >= 0.6 is 0 Å². The number of methoxy groups -OCH3 is 1. The number of rotatable bonds is 4. The molecule has 118 valence electrons. The number of hydrogen-bond donors (Lipinski definition) is 2. The Morgan fingerprint density at radius 2 is 2.24 bits per heavy atom. The molecule has 0 bridgehead atoms. The lowest BCUT2D eigenvalue weighted by atomic mass is 9.96. The number of nitrogens with one attached hydrogen (secondary N) is 2. The lowest BCUT2D eigenvalue weighted by Crippen LogP contribution is -2.50. The van der Waals surface area contributed by atoms with E-state index >= 15 is 0 Å². The molecule has 0 aliphatic carbocycles. The fourth-order valence-corrected chi connectivity index (χ4v) is 3.64. The summed E-state index contributed by atoms with van der Waals surface area (Å²) in [5.41, 5.74) is 0.118. The molecule has 1 saturated heterocycles. The predicted octanol–water partition coefficient (Wildman–Crippen LogP) is 0.651. The fraction of sp³-hybridized carbons (Fsp3) is 0.615. The normalized spacial score (nSPS) is 23.0. The minimum Gasteiger partial charge on any atom is -0.465 e. The van der Waals surface area contributed by atoms with Crippen molar-refractivity contribution < 1.29 is 22.4 Å². The van der Waals surface area contributed by atoms with Gasteiger partial charge in [-0.2, -0.15) is 0 Å². The molecule has 1 aliphatic rings. The van der Waals surface area contributed by atoms with Crippen LogP contribution in [0.3, 0.4) is 0 Å². The summed E-state index contributed by atoms with van der Waals surface area (Å²) >= 11 is 0. The van der Waals surface area contributed by atoms with Gasteiger partial charge < -0.3 is 14.5 Å². The molecular weight excluding hydrogens is 296 g/mol. The Morgan fingerprint density at radius 3 is 2.86 bits per heavy atom. The van der Waals surface area contributed by atoms with E-state index in [0.29, 0.717) is 6.54 Å². The number of carbonyl (C=O) groups excluding carboxylic acids is 1. The first-order valence-electron chi connectivity index (χ1n) is 6.77. The molecule has 2 N–H and O–H groups in total. The second kappa shape index (κ2) is 6.17. The molecule has 2 unspecified atom stereocenters. The molecule has 0 radical (unpaired) electrons. The van der Waals surface area contributed by atoms with Crippen molar-refractivity contribution in [1.82, 2.24) is 10.0 Å². The summed E-state index contributed by atoms with van der Waals surface area (Å²) in [6.07, 6.45) is 0.901. The summed E-state index contributed by atoms with van der Waals surface area (Å²) in [4.78, 5) is 11.5. The molecule has 8 heteroatoms. The Hall–Kier alpha value is -1.38. The molecule has 7 nitrogen and oxygen atoms in total. The van der Waals surface area contributed by atoms with E-state index < -0.39 is 16.0 Å². The Morgan fingerprint density at radius 1 is 1.52 bits per heavy atom. The fourth-order valence-electron chi connectivity index (χ4n) is 2.30. The number of piperidine rings is 1. The average molecular weight is 316 g/mol. The molecular formula is C13H20N2O5S. The highest BCUT2D eigenvalue weighted by molar-refractivity contribution is 7.89. The Balaban J connectivity index is 2.21. The third-order valence-corrected chi connectivity index (χ3v) is 5.04. The van der Waals surface area contributed by atoms with E-state index in [2.05, 4.69) is 14.8 Å². The summed E-state index contributed by atoms with van der Waals surface area (Å²) < 4.78 is 37.1. The quantitative estimate of drug-likeness (QED) is 0.792. The first kappa shape index (κ1) is 16.0. The first-order valence-corrected chi connectivity index (χ1v) is 8.25. The highest BCUT2D eigenvalue weighted by Gasteiger charge is 2.30. The third kappa shape index (κ3) is 3.45. The van der Waals surface area contributed by atoms with Crippen molar-refractivity contribution in [3.63, 3.8) is 0 Å². The highest BCUT2D eigenvalue weighted by atomic mass is 32.2. The second-order valence-electron chi connectivity index (χ2n) is 5.22. The number of sulfonamides is 1. The van der Waals surface area contributed by atoms with Gasteiger partial charge in [0.2, 0.25) is 5.09 Å². The van der Waals surface area contributed by atoms with E-state index in [0.717, 1.165) is 13.0 Å². The second-order valence-corrected chi connectivity index (χ2v) is 6.87. The molecule has 0 saturated carbocycles. The largest absolute Gasteiger partial charge is 0.465 e. The van der Waals surface area contributed by atoms with Gasteiger partial charge in [-0.1, -0.05) is 6.92 Å². The van der Waals surface area contributed by atoms with Gasteiger partial charge in [-0.25, -0.2) is 17.9 Å². The molecule has 1 aromatic rings. The Labute approximate surface area is 124 Å². The van der Waals surface area contributed by atoms with Crippen molar-refractivity contribution in [1.29, 1.82) is 0 Å². The maximum absolute atomic E-state index is 12.3. The van der Waals surface area contributed by atoms with Gasteiger partial charge in [-0.15, -0.1) is 0 Å². The molecule has 2 atom stereocenters. The number of ether oxygens (including phenoxy) is 1. The smallest absolute Gasteiger partial charge is 0.341 e. The zero-order valence-electron chi connectivity index (χ0n) is 12.3. The number of carbonyl (C=O) groups is 1. The van der Waals surface area contributed by atoms with E-state index in [-0.39, 0.29) is 28.4 Å². The van der Waals surface area contributed by atoms with E-state index in [4.69, 9.17) is 4.42 Å². The van der Waals surface area contributed by atoms with Crippen LogP contribution in [-0.2, 0) is 14.8 Å². The SMILES string of the molecule is COC(=O)c1cc(S(=O)(=O)NC2CNCCC2C)oc1C. The van der Waals surface area contributed by atoms with Crippen LogP contribution in [0.25, 0.3) is 0 Å². The molecule has 0 spiro atoms.